The molecule has 1 fully saturated rings. The van der Waals surface area contributed by atoms with Crippen LogP contribution in [0, 0.1) is 30.9 Å². The Hall–Kier alpha value is -3.20. The number of nitrogens with one attached hydrogen (secondary N) is 2. The van der Waals surface area contributed by atoms with Gasteiger partial charge in [0.25, 0.3) is 5.69 Å². The summed E-state index contributed by atoms with van der Waals surface area (Å²) in [5, 5.41) is 16.2. The highest BCUT2D eigenvalue weighted by atomic mass is 32.2. The van der Waals surface area contributed by atoms with Crippen molar-refractivity contribution in [3.8, 4) is 0 Å². The van der Waals surface area contributed by atoms with Crippen LogP contribution in [0.5, 0.6) is 0 Å². The second kappa shape index (κ2) is 8.44. The molecule has 0 aromatic heterocycles. The van der Waals surface area contributed by atoms with E-state index in [9.17, 15) is 19.7 Å². The Kier molecular flexibility index (Phi) is 5.97. The number of para-hydroxylation sites is 1. The van der Waals surface area contributed by atoms with Crippen molar-refractivity contribution in [3.63, 3.8) is 0 Å². The predicted molar refractivity (Wildman–Crippen MR) is 114 cm³/mol. The summed E-state index contributed by atoms with van der Waals surface area (Å²) >= 11 is 1.18. The zero-order valence-electron chi connectivity index (χ0n) is 16.2. The summed E-state index contributed by atoms with van der Waals surface area (Å²) in [5.74, 6) is -0.786. The Bertz CT molecular complexity index is 1010. The Morgan fingerprint density at radius 1 is 1.24 bits per heavy atom. The summed E-state index contributed by atoms with van der Waals surface area (Å²) in [7, 11) is 0. The van der Waals surface area contributed by atoms with Crippen LogP contribution in [0.3, 0.4) is 0 Å². The molecule has 0 spiro atoms. The number of carbonyl (C=O) groups excluding carboxylic acids is 2. The summed E-state index contributed by atoms with van der Waals surface area (Å²) in [6.45, 7) is 5.61. The highest BCUT2D eigenvalue weighted by Crippen LogP contribution is 2.30. The monoisotopic (exact) mass is 412 g/mol. The van der Waals surface area contributed by atoms with Crippen LogP contribution in [-0.2, 0) is 9.59 Å². The third-order valence-corrected chi connectivity index (χ3v) is 5.51. The number of hydrogen-bond donors (Lipinski definition) is 2. The maximum Gasteiger partial charge on any atom is 0.293 e. The van der Waals surface area contributed by atoms with Crippen LogP contribution < -0.4 is 10.6 Å². The molecule has 1 atom stereocenters. The van der Waals surface area contributed by atoms with Crippen LogP contribution in [0.4, 0.5) is 17.1 Å². The number of amides is 2. The van der Waals surface area contributed by atoms with Crippen molar-refractivity contribution in [2.75, 3.05) is 5.32 Å². The SMILES string of the molecule is Cc1ccc(NC(=O)C[C@H]2SC(=Nc3c(C)cccc3C)NC2=O)c([N+](=O)[O-])c1. The van der Waals surface area contributed by atoms with E-state index in [4.69, 9.17) is 0 Å². The van der Waals surface area contributed by atoms with E-state index in [0.717, 1.165) is 16.8 Å². The molecular weight excluding hydrogens is 392 g/mol. The molecule has 2 N–H and O–H groups in total. The van der Waals surface area contributed by atoms with Crippen LogP contribution >= 0.6 is 11.8 Å². The van der Waals surface area contributed by atoms with Crippen LogP contribution in [-0.4, -0.2) is 27.2 Å². The first-order valence-electron chi connectivity index (χ1n) is 8.92. The fraction of sp³-hybridized carbons (Fsp3) is 0.250. The topological polar surface area (TPSA) is 114 Å². The highest BCUT2D eigenvalue weighted by molar-refractivity contribution is 8.15. The van der Waals surface area contributed by atoms with Crippen molar-refractivity contribution >= 4 is 45.8 Å². The molecule has 8 nitrogen and oxygen atoms in total. The summed E-state index contributed by atoms with van der Waals surface area (Å²) in [5.41, 5.74) is 3.40. The van der Waals surface area contributed by atoms with E-state index in [-0.39, 0.29) is 23.7 Å². The first-order chi connectivity index (χ1) is 13.7. The normalized spacial score (nSPS) is 17.3. The van der Waals surface area contributed by atoms with Gasteiger partial charge in [0.2, 0.25) is 11.8 Å². The lowest BCUT2D eigenvalue weighted by Gasteiger charge is -2.08. The molecule has 2 aromatic carbocycles. The molecule has 1 heterocycles. The van der Waals surface area contributed by atoms with Gasteiger partial charge >= 0.3 is 0 Å². The molecule has 1 saturated heterocycles. The smallest absolute Gasteiger partial charge is 0.293 e. The lowest BCUT2D eigenvalue weighted by molar-refractivity contribution is -0.384. The van der Waals surface area contributed by atoms with Crippen LogP contribution in [0.25, 0.3) is 0 Å². The van der Waals surface area contributed by atoms with Crippen molar-refractivity contribution < 1.29 is 14.5 Å². The molecule has 9 heteroatoms. The Labute approximate surface area is 171 Å². The molecule has 0 radical (unpaired) electrons. The summed E-state index contributed by atoms with van der Waals surface area (Å²) < 4.78 is 0. The number of benzene rings is 2. The van der Waals surface area contributed by atoms with Gasteiger partial charge in [-0.2, -0.15) is 0 Å². The number of hydrogen-bond acceptors (Lipinski definition) is 6. The van der Waals surface area contributed by atoms with E-state index < -0.39 is 16.1 Å². The molecule has 0 unspecified atom stereocenters. The Morgan fingerprint density at radius 3 is 2.59 bits per heavy atom. The van der Waals surface area contributed by atoms with Gasteiger partial charge in [-0.1, -0.05) is 36.0 Å². The quantitative estimate of drug-likeness (QED) is 0.573. The molecule has 0 bridgehead atoms. The molecule has 2 aromatic rings. The van der Waals surface area contributed by atoms with Crippen molar-refractivity contribution in [2.24, 2.45) is 4.99 Å². The number of nitro groups is 1. The minimum atomic E-state index is -0.650. The Balaban J connectivity index is 1.70. The molecule has 150 valence electrons. The van der Waals surface area contributed by atoms with E-state index >= 15 is 0 Å². The molecule has 0 aliphatic carbocycles. The number of amidine groups is 1. The number of aryl methyl sites for hydroxylation is 3. The van der Waals surface area contributed by atoms with Gasteiger partial charge in [-0.3, -0.25) is 19.7 Å². The largest absolute Gasteiger partial charge is 0.320 e. The third kappa shape index (κ3) is 4.80. The van der Waals surface area contributed by atoms with Gasteiger partial charge in [-0.05, 0) is 43.5 Å². The van der Waals surface area contributed by atoms with Gasteiger partial charge in [-0.15, -0.1) is 0 Å². The van der Waals surface area contributed by atoms with Gasteiger partial charge in [0, 0.05) is 12.5 Å². The number of anilines is 1. The predicted octanol–water partition coefficient (Wildman–Crippen LogP) is 3.77. The zero-order valence-corrected chi connectivity index (χ0v) is 17.0. The van der Waals surface area contributed by atoms with E-state index in [1.54, 1.807) is 13.0 Å². The minimum Gasteiger partial charge on any atom is -0.320 e. The standard InChI is InChI=1S/C20H20N4O4S/c1-11-7-8-14(15(9-11)24(27)28)21-17(25)10-16-19(26)23-20(29-16)22-18-12(2)5-4-6-13(18)3/h4-9,16H,10H2,1-3H3,(H,21,25)(H,22,23,26)/t16-/m1/s1. The van der Waals surface area contributed by atoms with Crippen molar-refractivity contribution in [1.29, 1.82) is 0 Å². The fourth-order valence-electron chi connectivity index (χ4n) is 2.94. The van der Waals surface area contributed by atoms with Gasteiger partial charge < -0.3 is 10.6 Å². The number of carbonyl (C=O) groups is 2. The average Bonchev–Trinajstić information content (AvgIpc) is 2.98. The van der Waals surface area contributed by atoms with E-state index in [1.165, 1.54) is 23.9 Å². The third-order valence-electron chi connectivity index (χ3n) is 4.42. The highest BCUT2D eigenvalue weighted by Gasteiger charge is 2.32. The Morgan fingerprint density at radius 2 is 1.93 bits per heavy atom. The summed E-state index contributed by atoms with van der Waals surface area (Å²) in [4.78, 5) is 39.8. The number of nitro benzene ring substituents is 1. The number of aliphatic imine (C=N–C) groups is 1. The lowest BCUT2D eigenvalue weighted by Crippen LogP contribution is -2.28. The maximum absolute atomic E-state index is 12.4. The number of rotatable bonds is 5. The first-order valence-corrected chi connectivity index (χ1v) is 9.80. The van der Waals surface area contributed by atoms with Gasteiger partial charge in [0.15, 0.2) is 5.17 Å². The van der Waals surface area contributed by atoms with E-state index in [1.807, 2.05) is 32.0 Å². The van der Waals surface area contributed by atoms with Crippen molar-refractivity contribution in [2.45, 2.75) is 32.4 Å². The molecule has 2 amide bonds. The molecule has 0 saturated carbocycles. The van der Waals surface area contributed by atoms with Crippen LogP contribution in [0.15, 0.2) is 41.4 Å². The van der Waals surface area contributed by atoms with Gasteiger partial charge in [-0.25, -0.2) is 4.99 Å². The average molecular weight is 412 g/mol. The van der Waals surface area contributed by atoms with Crippen molar-refractivity contribution in [1.82, 2.24) is 5.32 Å². The zero-order chi connectivity index (χ0) is 21.1. The molecule has 29 heavy (non-hydrogen) atoms. The molecule has 1 aliphatic heterocycles. The number of thioether (sulfide) groups is 1. The van der Waals surface area contributed by atoms with Crippen LogP contribution in [0.2, 0.25) is 0 Å². The second-order valence-electron chi connectivity index (χ2n) is 6.78. The maximum atomic E-state index is 12.4. The van der Waals surface area contributed by atoms with Gasteiger partial charge in [0.1, 0.15) is 10.9 Å². The number of nitrogens with zero attached hydrogens (tertiary/aromatic N) is 2. The van der Waals surface area contributed by atoms with Crippen molar-refractivity contribution in [3.05, 3.63) is 63.2 Å². The first kappa shape index (κ1) is 20.5. The fourth-order valence-corrected chi connectivity index (χ4v) is 3.92. The molecular formula is C20H20N4O4S. The second-order valence-corrected chi connectivity index (χ2v) is 7.97. The van der Waals surface area contributed by atoms with E-state index in [0.29, 0.717) is 10.7 Å². The van der Waals surface area contributed by atoms with E-state index in [2.05, 4.69) is 15.6 Å². The summed E-state index contributed by atoms with van der Waals surface area (Å²) in [6, 6.07) is 10.4. The minimum absolute atomic E-state index is 0.110. The lowest BCUT2D eigenvalue weighted by atomic mass is 10.1. The summed E-state index contributed by atoms with van der Waals surface area (Å²) in [6.07, 6.45) is -0.118. The van der Waals surface area contributed by atoms with Crippen LogP contribution in [0.1, 0.15) is 23.1 Å². The van der Waals surface area contributed by atoms with Gasteiger partial charge in [0.05, 0.1) is 10.6 Å². The molecule has 3 rings (SSSR count). The molecule has 1 aliphatic rings.